The molecule has 1 aromatic rings. The lowest BCUT2D eigenvalue weighted by Gasteiger charge is -2.14. The molecule has 0 aliphatic rings. The van der Waals surface area contributed by atoms with E-state index in [1.807, 2.05) is 43.3 Å². The number of anilines is 1. The van der Waals surface area contributed by atoms with Crippen molar-refractivity contribution in [3.8, 4) is 0 Å². The zero-order valence-electron chi connectivity index (χ0n) is 11.4. The molecular weight excluding hydrogens is 244 g/mol. The number of carbonyl (C=O) groups is 2. The number of hydrogen-bond donors (Lipinski definition) is 3. The quantitative estimate of drug-likeness (QED) is 0.720. The summed E-state index contributed by atoms with van der Waals surface area (Å²) in [5.74, 6) is -0.268. The largest absolute Gasteiger partial charge is 0.378 e. The van der Waals surface area contributed by atoms with Crippen molar-refractivity contribution in [2.75, 3.05) is 19.0 Å². The van der Waals surface area contributed by atoms with Crippen LogP contribution < -0.4 is 21.3 Å². The molecule has 1 aromatic carbocycles. The fourth-order valence-corrected chi connectivity index (χ4v) is 1.53. The van der Waals surface area contributed by atoms with Crippen molar-refractivity contribution in [2.24, 2.45) is 5.73 Å². The van der Waals surface area contributed by atoms with Gasteiger partial charge < -0.3 is 21.3 Å². The van der Waals surface area contributed by atoms with E-state index in [-0.39, 0.29) is 5.91 Å². The standard InChI is InChI=1S/C13H20N4O2/c1-9(16-13(14)19)12(18)15-8-10-4-6-11(7-5-10)17(2)3/h4-7,9H,8H2,1-3H3,(H,15,18)(H3,14,16,19). The van der Waals surface area contributed by atoms with Crippen molar-refractivity contribution in [3.63, 3.8) is 0 Å². The molecular formula is C13H20N4O2. The molecule has 0 heterocycles. The van der Waals surface area contributed by atoms with E-state index >= 15 is 0 Å². The van der Waals surface area contributed by atoms with E-state index in [1.54, 1.807) is 6.92 Å². The van der Waals surface area contributed by atoms with E-state index in [0.29, 0.717) is 6.54 Å². The first-order valence-electron chi connectivity index (χ1n) is 6.00. The number of nitrogens with one attached hydrogen (secondary N) is 2. The first kappa shape index (κ1) is 14.8. The Morgan fingerprint density at radius 1 is 1.26 bits per heavy atom. The highest BCUT2D eigenvalue weighted by atomic mass is 16.2. The molecule has 0 aliphatic carbocycles. The summed E-state index contributed by atoms with van der Waals surface area (Å²) in [6, 6.07) is 6.50. The van der Waals surface area contributed by atoms with Gasteiger partial charge in [-0.2, -0.15) is 0 Å². The summed E-state index contributed by atoms with van der Waals surface area (Å²) >= 11 is 0. The maximum atomic E-state index is 11.6. The second-order valence-corrected chi connectivity index (χ2v) is 4.51. The Morgan fingerprint density at radius 3 is 2.32 bits per heavy atom. The summed E-state index contributed by atoms with van der Waals surface area (Å²) < 4.78 is 0. The van der Waals surface area contributed by atoms with Crippen LogP contribution in [0.25, 0.3) is 0 Å². The monoisotopic (exact) mass is 264 g/mol. The van der Waals surface area contributed by atoms with Gasteiger partial charge in [0.1, 0.15) is 6.04 Å². The fraction of sp³-hybridized carbons (Fsp3) is 0.385. The third-order valence-electron chi connectivity index (χ3n) is 2.67. The molecule has 3 amide bonds. The van der Waals surface area contributed by atoms with Gasteiger partial charge in [0.15, 0.2) is 0 Å². The summed E-state index contributed by atoms with van der Waals surface area (Å²) in [5, 5.41) is 5.05. The van der Waals surface area contributed by atoms with Crippen molar-refractivity contribution in [2.45, 2.75) is 19.5 Å². The summed E-state index contributed by atoms with van der Waals surface area (Å²) in [6.45, 7) is 1.99. The number of rotatable bonds is 5. The van der Waals surface area contributed by atoms with Crippen LogP contribution in [0, 0.1) is 0 Å². The molecule has 6 nitrogen and oxygen atoms in total. The van der Waals surface area contributed by atoms with Crippen molar-refractivity contribution < 1.29 is 9.59 Å². The van der Waals surface area contributed by atoms with Gasteiger partial charge in [0.25, 0.3) is 0 Å². The number of amides is 3. The highest BCUT2D eigenvalue weighted by Gasteiger charge is 2.13. The van der Waals surface area contributed by atoms with Gasteiger partial charge in [-0.1, -0.05) is 12.1 Å². The molecule has 0 fully saturated rings. The molecule has 4 N–H and O–H groups in total. The Labute approximate surface area is 113 Å². The highest BCUT2D eigenvalue weighted by molar-refractivity contribution is 5.86. The van der Waals surface area contributed by atoms with Gasteiger partial charge in [-0.3, -0.25) is 4.79 Å². The summed E-state index contributed by atoms with van der Waals surface area (Å²) in [7, 11) is 3.93. The van der Waals surface area contributed by atoms with Crippen LogP contribution in [0.3, 0.4) is 0 Å². The number of benzene rings is 1. The van der Waals surface area contributed by atoms with E-state index < -0.39 is 12.1 Å². The second kappa shape index (κ2) is 6.63. The lowest BCUT2D eigenvalue weighted by Crippen LogP contribution is -2.46. The van der Waals surface area contributed by atoms with E-state index in [0.717, 1.165) is 11.3 Å². The van der Waals surface area contributed by atoms with Gasteiger partial charge in [0.05, 0.1) is 0 Å². The Bertz CT molecular complexity index is 442. The Hall–Kier alpha value is -2.24. The van der Waals surface area contributed by atoms with E-state index in [9.17, 15) is 9.59 Å². The number of urea groups is 1. The van der Waals surface area contributed by atoms with Crippen molar-refractivity contribution >= 4 is 17.6 Å². The van der Waals surface area contributed by atoms with Crippen LogP contribution in [0.1, 0.15) is 12.5 Å². The van der Waals surface area contributed by atoms with Crippen LogP contribution in [0.15, 0.2) is 24.3 Å². The average Bonchev–Trinajstić information content (AvgIpc) is 2.35. The maximum absolute atomic E-state index is 11.6. The Kier molecular flexibility index (Phi) is 5.17. The van der Waals surface area contributed by atoms with Gasteiger partial charge >= 0.3 is 6.03 Å². The van der Waals surface area contributed by atoms with Crippen LogP contribution in [-0.4, -0.2) is 32.1 Å². The van der Waals surface area contributed by atoms with E-state index in [4.69, 9.17) is 5.73 Å². The molecule has 1 rings (SSSR count). The van der Waals surface area contributed by atoms with Gasteiger partial charge in [-0.25, -0.2) is 4.79 Å². The van der Waals surface area contributed by atoms with Crippen LogP contribution in [-0.2, 0) is 11.3 Å². The van der Waals surface area contributed by atoms with Gasteiger partial charge in [-0.05, 0) is 24.6 Å². The molecule has 0 radical (unpaired) electrons. The minimum absolute atomic E-state index is 0.268. The number of nitrogens with two attached hydrogens (primary N) is 1. The summed E-state index contributed by atoms with van der Waals surface area (Å²) in [6.07, 6.45) is 0. The lowest BCUT2D eigenvalue weighted by molar-refractivity contribution is -0.122. The first-order chi connectivity index (χ1) is 8.90. The molecule has 0 spiro atoms. The Morgan fingerprint density at radius 2 is 1.84 bits per heavy atom. The number of primary amides is 1. The van der Waals surface area contributed by atoms with Crippen molar-refractivity contribution in [3.05, 3.63) is 29.8 Å². The molecule has 19 heavy (non-hydrogen) atoms. The normalized spacial score (nSPS) is 11.5. The molecule has 0 bridgehead atoms. The molecule has 1 atom stereocenters. The number of carbonyl (C=O) groups excluding carboxylic acids is 2. The van der Waals surface area contributed by atoms with Crippen LogP contribution in [0.2, 0.25) is 0 Å². The summed E-state index contributed by atoms with van der Waals surface area (Å²) in [4.78, 5) is 24.3. The van der Waals surface area contributed by atoms with Crippen LogP contribution in [0.5, 0.6) is 0 Å². The van der Waals surface area contributed by atoms with Crippen LogP contribution in [0.4, 0.5) is 10.5 Å². The predicted molar refractivity (Wildman–Crippen MR) is 74.8 cm³/mol. The minimum Gasteiger partial charge on any atom is -0.378 e. The van der Waals surface area contributed by atoms with Crippen LogP contribution >= 0.6 is 0 Å². The minimum atomic E-state index is -0.710. The highest BCUT2D eigenvalue weighted by Crippen LogP contribution is 2.11. The third-order valence-corrected chi connectivity index (χ3v) is 2.67. The zero-order valence-corrected chi connectivity index (χ0v) is 11.4. The number of nitrogens with zero attached hydrogens (tertiary/aromatic N) is 1. The Balaban J connectivity index is 2.48. The second-order valence-electron chi connectivity index (χ2n) is 4.51. The molecule has 1 unspecified atom stereocenters. The van der Waals surface area contributed by atoms with Gasteiger partial charge in [-0.15, -0.1) is 0 Å². The van der Waals surface area contributed by atoms with Crippen molar-refractivity contribution in [1.82, 2.24) is 10.6 Å². The number of hydrogen-bond acceptors (Lipinski definition) is 3. The van der Waals surface area contributed by atoms with Gasteiger partial charge in [0.2, 0.25) is 5.91 Å². The van der Waals surface area contributed by atoms with Crippen molar-refractivity contribution in [1.29, 1.82) is 0 Å². The van der Waals surface area contributed by atoms with E-state index in [2.05, 4.69) is 10.6 Å². The van der Waals surface area contributed by atoms with E-state index in [1.165, 1.54) is 0 Å². The average molecular weight is 264 g/mol. The van der Waals surface area contributed by atoms with Gasteiger partial charge in [0, 0.05) is 26.3 Å². The SMILES string of the molecule is CC(NC(N)=O)C(=O)NCc1ccc(N(C)C)cc1. The first-order valence-corrected chi connectivity index (χ1v) is 6.00. The molecule has 6 heteroatoms. The predicted octanol–water partition coefficient (Wildman–Crippen LogP) is 0.426. The smallest absolute Gasteiger partial charge is 0.312 e. The molecule has 0 aromatic heterocycles. The maximum Gasteiger partial charge on any atom is 0.312 e. The molecule has 0 saturated carbocycles. The molecule has 0 aliphatic heterocycles. The fourth-order valence-electron chi connectivity index (χ4n) is 1.53. The third kappa shape index (κ3) is 4.87. The molecule has 0 saturated heterocycles. The lowest BCUT2D eigenvalue weighted by atomic mass is 10.2. The zero-order chi connectivity index (χ0) is 14.4. The topological polar surface area (TPSA) is 87.5 Å². The summed E-state index contributed by atoms with van der Waals surface area (Å²) in [5.41, 5.74) is 7.04. The molecule has 104 valence electrons.